The van der Waals surface area contributed by atoms with Crippen molar-refractivity contribution >= 4 is 0 Å². The zero-order valence-electron chi connectivity index (χ0n) is 11.5. The van der Waals surface area contributed by atoms with Crippen molar-refractivity contribution < 1.29 is 10.2 Å². The summed E-state index contributed by atoms with van der Waals surface area (Å²) < 4.78 is 0. The Balaban J connectivity index is 2.03. The summed E-state index contributed by atoms with van der Waals surface area (Å²) in [5, 5.41) is 20.8. The molecule has 0 saturated heterocycles. The minimum Gasteiger partial charge on any atom is -0.393 e. The van der Waals surface area contributed by atoms with Crippen LogP contribution < -0.4 is 0 Å². The maximum Gasteiger partial charge on any atom is 0.0601 e. The van der Waals surface area contributed by atoms with Gasteiger partial charge in [0.1, 0.15) is 0 Å². The summed E-state index contributed by atoms with van der Waals surface area (Å²) in [6.07, 6.45) is 3.60. The maximum atomic E-state index is 10.5. The lowest BCUT2D eigenvalue weighted by molar-refractivity contribution is 0.0189. The van der Waals surface area contributed by atoms with Gasteiger partial charge in [-0.05, 0) is 53.8 Å². The maximum absolute atomic E-state index is 10.5. The molecule has 0 aromatic carbocycles. The summed E-state index contributed by atoms with van der Waals surface area (Å²) in [6.45, 7) is 9.12. The lowest BCUT2D eigenvalue weighted by atomic mass is 9.66. The fraction of sp³-hybridized carbons (Fsp3) is 1.00. The predicted octanol–water partition coefficient (Wildman–Crippen LogP) is 2.58. The van der Waals surface area contributed by atoms with Crippen molar-refractivity contribution in [1.29, 1.82) is 0 Å². The van der Waals surface area contributed by atoms with Gasteiger partial charge in [-0.2, -0.15) is 0 Å². The van der Waals surface area contributed by atoms with Crippen molar-refractivity contribution in [2.24, 2.45) is 28.1 Å². The van der Waals surface area contributed by atoms with Crippen LogP contribution in [-0.2, 0) is 0 Å². The van der Waals surface area contributed by atoms with Gasteiger partial charge < -0.3 is 10.2 Å². The Labute approximate surface area is 104 Å². The first kappa shape index (κ1) is 12.0. The number of hydrogen-bond acceptors (Lipinski definition) is 2. The molecule has 0 amide bonds. The topological polar surface area (TPSA) is 40.5 Å². The molecule has 3 fully saturated rings. The normalized spacial score (nSPS) is 60.4. The Morgan fingerprint density at radius 3 is 2.18 bits per heavy atom. The molecule has 3 aliphatic carbocycles. The van der Waals surface area contributed by atoms with E-state index in [4.69, 9.17) is 0 Å². The van der Waals surface area contributed by atoms with E-state index in [0.717, 1.165) is 25.7 Å². The predicted molar refractivity (Wildman–Crippen MR) is 67.5 cm³/mol. The highest BCUT2D eigenvalue weighted by molar-refractivity contribution is 5.18. The molecule has 0 spiro atoms. The van der Waals surface area contributed by atoms with E-state index in [2.05, 4.69) is 27.7 Å². The van der Waals surface area contributed by atoms with E-state index < -0.39 is 0 Å². The number of hydrogen-bond donors (Lipinski definition) is 2. The Kier molecular flexibility index (Phi) is 2.17. The molecule has 3 aliphatic rings. The molecule has 2 nitrogen and oxygen atoms in total. The third-order valence-electron chi connectivity index (χ3n) is 6.50. The SMILES string of the molecule is CC1(C)C[C@H](O)[C@@]2(C)CC[C@H](O)[C@]3(C)C[C@@H]3[C@@H]12. The van der Waals surface area contributed by atoms with Gasteiger partial charge in [0.25, 0.3) is 0 Å². The van der Waals surface area contributed by atoms with Gasteiger partial charge in [0.05, 0.1) is 12.2 Å². The van der Waals surface area contributed by atoms with Crippen molar-refractivity contribution in [3.8, 4) is 0 Å². The van der Waals surface area contributed by atoms with Crippen LogP contribution in [0.2, 0.25) is 0 Å². The molecule has 2 N–H and O–H groups in total. The fourth-order valence-electron chi connectivity index (χ4n) is 5.36. The molecule has 0 bridgehead atoms. The fourth-order valence-corrected chi connectivity index (χ4v) is 5.36. The minimum atomic E-state index is -0.183. The Morgan fingerprint density at radius 2 is 1.53 bits per heavy atom. The average molecular weight is 238 g/mol. The largest absolute Gasteiger partial charge is 0.393 e. The second kappa shape index (κ2) is 3.08. The molecule has 98 valence electrons. The van der Waals surface area contributed by atoms with Crippen molar-refractivity contribution in [2.45, 2.75) is 65.6 Å². The van der Waals surface area contributed by atoms with Gasteiger partial charge in [-0.3, -0.25) is 0 Å². The first-order chi connectivity index (χ1) is 7.72. The number of aliphatic hydroxyl groups excluding tert-OH is 2. The van der Waals surface area contributed by atoms with Crippen LogP contribution in [0.15, 0.2) is 0 Å². The molecule has 0 aromatic heterocycles. The first-order valence-electron chi connectivity index (χ1n) is 7.08. The molecule has 0 radical (unpaired) electrons. The summed E-state index contributed by atoms with van der Waals surface area (Å²) >= 11 is 0. The van der Waals surface area contributed by atoms with E-state index in [1.54, 1.807) is 0 Å². The summed E-state index contributed by atoms with van der Waals surface area (Å²) in [7, 11) is 0. The minimum absolute atomic E-state index is 0.0312. The standard InChI is InChI=1S/C15H26O2/c1-13(2)8-11(17)14(3)6-5-10(16)15(4)7-9(15)12(13)14/h9-12,16-17H,5-8H2,1-4H3/t9-,10+,11+,12+,14-,15-/m1/s1. The Bertz CT molecular complexity index is 351. The van der Waals surface area contributed by atoms with Crippen LogP contribution in [0.1, 0.15) is 53.4 Å². The lowest BCUT2D eigenvalue weighted by Crippen LogP contribution is -2.36. The van der Waals surface area contributed by atoms with Crippen molar-refractivity contribution in [1.82, 2.24) is 0 Å². The highest BCUT2D eigenvalue weighted by Gasteiger charge is 2.69. The summed E-state index contributed by atoms with van der Waals surface area (Å²) in [4.78, 5) is 0. The first-order valence-corrected chi connectivity index (χ1v) is 7.08. The van der Waals surface area contributed by atoms with Crippen molar-refractivity contribution in [3.05, 3.63) is 0 Å². The van der Waals surface area contributed by atoms with Crippen LogP contribution >= 0.6 is 0 Å². The molecule has 3 saturated carbocycles. The van der Waals surface area contributed by atoms with Crippen molar-refractivity contribution in [3.63, 3.8) is 0 Å². The van der Waals surface area contributed by atoms with E-state index in [9.17, 15) is 10.2 Å². The number of fused-ring (bicyclic) bond motifs is 3. The van der Waals surface area contributed by atoms with Crippen LogP contribution in [0, 0.1) is 28.1 Å². The van der Waals surface area contributed by atoms with E-state index in [1.165, 1.54) is 0 Å². The Morgan fingerprint density at radius 1 is 0.882 bits per heavy atom. The lowest BCUT2D eigenvalue weighted by Gasteiger charge is -2.38. The second-order valence-corrected chi connectivity index (χ2v) is 8.06. The van der Waals surface area contributed by atoms with Gasteiger partial charge in [-0.1, -0.05) is 27.7 Å². The highest BCUT2D eigenvalue weighted by atomic mass is 16.3. The second-order valence-electron chi connectivity index (χ2n) is 8.06. The summed E-state index contributed by atoms with van der Waals surface area (Å²) in [5.74, 6) is 1.20. The molecule has 0 aromatic rings. The monoisotopic (exact) mass is 238 g/mol. The van der Waals surface area contributed by atoms with Crippen LogP contribution in [0.4, 0.5) is 0 Å². The molecule has 17 heavy (non-hydrogen) atoms. The molecule has 0 aliphatic heterocycles. The zero-order valence-corrected chi connectivity index (χ0v) is 11.5. The van der Waals surface area contributed by atoms with Gasteiger partial charge in [0.15, 0.2) is 0 Å². The van der Waals surface area contributed by atoms with Gasteiger partial charge in [-0.25, -0.2) is 0 Å². The molecular formula is C15H26O2. The third-order valence-corrected chi connectivity index (χ3v) is 6.50. The van der Waals surface area contributed by atoms with Crippen LogP contribution in [0.5, 0.6) is 0 Å². The van der Waals surface area contributed by atoms with Gasteiger partial charge in [0, 0.05) is 0 Å². The van der Waals surface area contributed by atoms with Gasteiger partial charge >= 0.3 is 0 Å². The smallest absolute Gasteiger partial charge is 0.0601 e. The molecular weight excluding hydrogens is 212 g/mol. The van der Waals surface area contributed by atoms with E-state index >= 15 is 0 Å². The molecule has 0 unspecified atom stereocenters. The van der Waals surface area contributed by atoms with Gasteiger partial charge in [-0.15, -0.1) is 0 Å². The third kappa shape index (κ3) is 1.34. The molecule has 6 atom stereocenters. The summed E-state index contributed by atoms with van der Waals surface area (Å²) in [5.41, 5.74) is 0.397. The molecule has 0 heterocycles. The van der Waals surface area contributed by atoms with Gasteiger partial charge in [0.2, 0.25) is 0 Å². The highest BCUT2D eigenvalue weighted by Crippen LogP contribution is 2.73. The van der Waals surface area contributed by atoms with Crippen molar-refractivity contribution in [2.75, 3.05) is 0 Å². The Hall–Kier alpha value is -0.0800. The number of aliphatic hydroxyl groups is 2. The summed E-state index contributed by atoms with van der Waals surface area (Å²) in [6, 6.07) is 0. The van der Waals surface area contributed by atoms with E-state index in [1.807, 2.05) is 0 Å². The average Bonchev–Trinajstić information content (AvgIpc) is 2.81. The van der Waals surface area contributed by atoms with E-state index in [0.29, 0.717) is 11.8 Å². The molecule has 3 rings (SSSR count). The van der Waals surface area contributed by atoms with Crippen LogP contribution in [0.25, 0.3) is 0 Å². The van der Waals surface area contributed by atoms with Crippen LogP contribution in [-0.4, -0.2) is 22.4 Å². The quantitative estimate of drug-likeness (QED) is 0.681. The van der Waals surface area contributed by atoms with Crippen LogP contribution in [0.3, 0.4) is 0 Å². The zero-order chi connectivity index (χ0) is 12.6. The molecule has 2 heteroatoms. The number of rotatable bonds is 0. The van der Waals surface area contributed by atoms with E-state index in [-0.39, 0.29) is 28.5 Å².